The van der Waals surface area contributed by atoms with Crippen molar-refractivity contribution in [2.75, 3.05) is 5.73 Å². The molecule has 0 bridgehead atoms. The van der Waals surface area contributed by atoms with Crippen molar-refractivity contribution in [1.82, 2.24) is 4.90 Å². The molecule has 1 aromatic rings. The quantitative estimate of drug-likeness (QED) is 0.761. The van der Waals surface area contributed by atoms with Gasteiger partial charge in [-0.15, -0.1) is 0 Å². The van der Waals surface area contributed by atoms with Gasteiger partial charge in [0.2, 0.25) is 5.91 Å². The summed E-state index contributed by atoms with van der Waals surface area (Å²) in [5.41, 5.74) is 12.8. The van der Waals surface area contributed by atoms with Gasteiger partial charge in [-0.2, -0.15) is 0 Å². The van der Waals surface area contributed by atoms with Crippen LogP contribution in [0.2, 0.25) is 0 Å². The van der Waals surface area contributed by atoms with Crippen LogP contribution in [0.1, 0.15) is 35.7 Å². The molecule has 0 aliphatic carbocycles. The van der Waals surface area contributed by atoms with E-state index < -0.39 is 11.9 Å². The summed E-state index contributed by atoms with van der Waals surface area (Å²) in [5.74, 6) is -0.872. The van der Waals surface area contributed by atoms with Crippen LogP contribution in [0.4, 0.5) is 5.69 Å². The summed E-state index contributed by atoms with van der Waals surface area (Å²) in [4.78, 5) is 36.4. The van der Waals surface area contributed by atoms with E-state index in [1.807, 2.05) is 0 Å². The topological polar surface area (TPSA) is 106 Å². The second-order valence-corrected chi connectivity index (χ2v) is 4.94. The van der Waals surface area contributed by atoms with Crippen LogP contribution in [0.25, 0.3) is 0 Å². The molecule has 0 aromatic heterocycles. The zero-order valence-corrected chi connectivity index (χ0v) is 11.3. The number of hydrogen-bond donors (Lipinski definition) is 2. The van der Waals surface area contributed by atoms with Crippen LogP contribution in [0.3, 0.4) is 0 Å². The first kappa shape index (κ1) is 14.0. The smallest absolute Gasteiger partial charge is 0.255 e. The molecule has 106 valence electrons. The molecule has 1 aliphatic heterocycles. The van der Waals surface area contributed by atoms with Crippen LogP contribution < -0.4 is 11.5 Å². The molecule has 0 fully saturated rings. The number of anilines is 1. The minimum absolute atomic E-state index is 0.0693. The predicted molar refractivity (Wildman–Crippen MR) is 73.6 cm³/mol. The summed E-state index contributed by atoms with van der Waals surface area (Å²) in [6.07, 6.45) is 0.310. The maximum absolute atomic E-state index is 12.3. The third kappa shape index (κ3) is 2.49. The first-order valence-corrected chi connectivity index (χ1v) is 6.39. The van der Waals surface area contributed by atoms with Gasteiger partial charge in [-0.1, -0.05) is 6.07 Å². The van der Waals surface area contributed by atoms with E-state index >= 15 is 0 Å². The van der Waals surface area contributed by atoms with Gasteiger partial charge in [0.1, 0.15) is 0 Å². The van der Waals surface area contributed by atoms with Crippen molar-refractivity contribution in [3.8, 4) is 0 Å². The molecule has 2 amide bonds. The largest absolute Gasteiger partial charge is 0.398 e. The Kier molecular flexibility index (Phi) is 3.74. The molecule has 6 heteroatoms. The fourth-order valence-corrected chi connectivity index (χ4v) is 2.49. The van der Waals surface area contributed by atoms with Crippen molar-refractivity contribution in [1.29, 1.82) is 0 Å². The summed E-state index contributed by atoms with van der Waals surface area (Å²) < 4.78 is 0. The van der Waals surface area contributed by atoms with E-state index in [-0.39, 0.29) is 24.5 Å². The first-order valence-electron chi connectivity index (χ1n) is 6.39. The second kappa shape index (κ2) is 5.32. The Labute approximate surface area is 116 Å². The number of ketones is 1. The van der Waals surface area contributed by atoms with Crippen LogP contribution >= 0.6 is 0 Å². The van der Waals surface area contributed by atoms with Gasteiger partial charge in [0.15, 0.2) is 5.78 Å². The number of rotatable bonds is 5. The van der Waals surface area contributed by atoms with Gasteiger partial charge in [-0.25, -0.2) is 0 Å². The van der Waals surface area contributed by atoms with Gasteiger partial charge in [0.25, 0.3) is 5.91 Å². The van der Waals surface area contributed by atoms with Gasteiger partial charge in [-0.05, 0) is 25.5 Å². The number of carbonyl (C=O) groups is 3. The van der Waals surface area contributed by atoms with Crippen LogP contribution in [0.15, 0.2) is 18.2 Å². The number of carbonyl (C=O) groups excluding carboxylic acids is 3. The maximum atomic E-state index is 12.3. The highest BCUT2D eigenvalue weighted by Crippen LogP contribution is 2.30. The Morgan fingerprint density at radius 2 is 2.10 bits per heavy atom. The minimum Gasteiger partial charge on any atom is -0.398 e. The highest BCUT2D eigenvalue weighted by molar-refractivity contribution is 6.02. The Morgan fingerprint density at radius 1 is 1.40 bits per heavy atom. The monoisotopic (exact) mass is 275 g/mol. The molecule has 1 atom stereocenters. The first-order chi connectivity index (χ1) is 9.41. The molecule has 20 heavy (non-hydrogen) atoms. The molecule has 1 aliphatic rings. The highest BCUT2D eigenvalue weighted by atomic mass is 16.2. The molecule has 1 heterocycles. The summed E-state index contributed by atoms with van der Waals surface area (Å²) in [7, 11) is 0. The van der Waals surface area contributed by atoms with Crippen molar-refractivity contribution < 1.29 is 14.4 Å². The van der Waals surface area contributed by atoms with Crippen molar-refractivity contribution in [2.24, 2.45) is 5.73 Å². The normalized spacial score (nSPS) is 15.1. The Balaban J connectivity index is 2.25. The molecular weight excluding hydrogens is 258 g/mol. The lowest BCUT2D eigenvalue weighted by molar-refractivity contribution is -0.122. The Morgan fingerprint density at radius 3 is 2.65 bits per heavy atom. The molecule has 1 unspecified atom stereocenters. The Hall–Kier alpha value is -2.37. The maximum Gasteiger partial charge on any atom is 0.255 e. The lowest BCUT2D eigenvalue weighted by Crippen LogP contribution is -2.41. The molecule has 4 N–H and O–H groups in total. The number of Topliss-reactive ketones (excluding diaryl/α,β-unsaturated/α-hetero) is 1. The molecular formula is C14H17N3O3. The third-order valence-electron chi connectivity index (χ3n) is 3.54. The summed E-state index contributed by atoms with van der Waals surface area (Å²) in [6, 6.07) is 4.49. The van der Waals surface area contributed by atoms with E-state index in [9.17, 15) is 14.4 Å². The fraction of sp³-hybridized carbons (Fsp3) is 0.357. The number of fused-ring (bicyclic) bond motifs is 1. The van der Waals surface area contributed by atoms with Crippen molar-refractivity contribution in [3.05, 3.63) is 29.3 Å². The number of amides is 2. The molecule has 0 saturated heterocycles. The molecule has 0 spiro atoms. The average Bonchev–Trinajstić information content (AvgIpc) is 2.69. The van der Waals surface area contributed by atoms with Gasteiger partial charge in [0, 0.05) is 29.8 Å². The second-order valence-electron chi connectivity index (χ2n) is 4.94. The van der Waals surface area contributed by atoms with E-state index in [2.05, 4.69) is 0 Å². The highest BCUT2D eigenvalue weighted by Gasteiger charge is 2.35. The molecule has 1 aromatic carbocycles. The summed E-state index contributed by atoms with van der Waals surface area (Å²) in [6.45, 7) is 1.70. The van der Waals surface area contributed by atoms with Crippen molar-refractivity contribution >= 4 is 23.3 Å². The van der Waals surface area contributed by atoms with Crippen LogP contribution in [0.5, 0.6) is 0 Å². The summed E-state index contributed by atoms with van der Waals surface area (Å²) in [5, 5.41) is 0. The predicted octanol–water partition coefficient (Wildman–Crippen LogP) is 0.448. The Bertz CT molecular complexity index is 583. The van der Waals surface area contributed by atoms with Crippen LogP contribution in [-0.2, 0) is 16.1 Å². The number of nitrogens with two attached hydrogens (primary N) is 2. The van der Waals surface area contributed by atoms with E-state index in [0.717, 1.165) is 5.56 Å². The van der Waals surface area contributed by atoms with Crippen LogP contribution in [0, 0.1) is 0 Å². The zero-order valence-electron chi connectivity index (χ0n) is 11.3. The SMILES string of the molecule is CC(=O)C(CCC(N)=O)N1Cc2c(N)cccc2C1=O. The van der Waals surface area contributed by atoms with Crippen molar-refractivity contribution in [3.63, 3.8) is 0 Å². The van der Waals surface area contributed by atoms with E-state index in [1.165, 1.54) is 11.8 Å². The van der Waals surface area contributed by atoms with E-state index in [1.54, 1.807) is 18.2 Å². The van der Waals surface area contributed by atoms with Gasteiger partial charge < -0.3 is 16.4 Å². The van der Waals surface area contributed by atoms with E-state index in [0.29, 0.717) is 17.8 Å². The van der Waals surface area contributed by atoms with Gasteiger partial charge >= 0.3 is 0 Å². The zero-order chi connectivity index (χ0) is 14.9. The number of nitrogens with zero attached hydrogens (tertiary/aromatic N) is 1. The lowest BCUT2D eigenvalue weighted by Gasteiger charge is -2.25. The number of primary amides is 1. The standard InChI is InChI=1S/C14H17N3O3/c1-8(18)12(5-6-13(16)19)17-7-10-9(14(17)20)3-2-4-11(10)15/h2-4,12H,5-7,15H2,1H3,(H2,16,19). The van der Waals surface area contributed by atoms with Crippen LogP contribution in [-0.4, -0.2) is 28.5 Å². The number of hydrogen-bond acceptors (Lipinski definition) is 4. The third-order valence-corrected chi connectivity index (χ3v) is 3.54. The molecule has 2 rings (SSSR count). The molecule has 0 radical (unpaired) electrons. The summed E-state index contributed by atoms with van der Waals surface area (Å²) >= 11 is 0. The van der Waals surface area contributed by atoms with E-state index in [4.69, 9.17) is 11.5 Å². The molecule has 0 saturated carbocycles. The number of benzene rings is 1. The average molecular weight is 275 g/mol. The number of nitrogen functional groups attached to an aromatic ring is 1. The van der Waals surface area contributed by atoms with Gasteiger partial charge in [-0.3, -0.25) is 14.4 Å². The van der Waals surface area contributed by atoms with Crippen molar-refractivity contribution in [2.45, 2.75) is 32.4 Å². The minimum atomic E-state index is -0.637. The lowest BCUT2D eigenvalue weighted by atomic mass is 10.1. The van der Waals surface area contributed by atoms with Gasteiger partial charge in [0.05, 0.1) is 6.04 Å². The fourth-order valence-electron chi connectivity index (χ4n) is 2.49. The molecule has 6 nitrogen and oxygen atoms in total.